The van der Waals surface area contributed by atoms with E-state index in [1.807, 2.05) is 49.3 Å². The van der Waals surface area contributed by atoms with Crippen molar-refractivity contribution in [2.75, 3.05) is 34.3 Å². The van der Waals surface area contributed by atoms with Crippen LogP contribution < -0.4 is 10.1 Å². The first kappa shape index (κ1) is 17.5. The van der Waals surface area contributed by atoms with Crippen LogP contribution in [0.4, 0.5) is 0 Å². The molecule has 1 amide bonds. The summed E-state index contributed by atoms with van der Waals surface area (Å²) < 4.78 is 8.64. The molecule has 1 N–H and O–H groups in total. The summed E-state index contributed by atoms with van der Waals surface area (Å²) in [6, 6.07) is 12.0. The summed E-state index contributed by atoms with van der Waals surface area (Å²) in [6.45, 7) is 2.04. The Hall–Kier alpha value is -2.31. The van der Waals surface area contributed by atoms with Gasteiger partial charge in [0, 0.05) is 18.7 Å². The molecule has 0 fully saturated rings. The second-order valence-electron chi connectivity index (χ2n) is 6.16. The number of hydrogen-bond acceptors (Lipinski definition) is 4. The van der Waals surface area contributed by atoms with Gasteiger partial charge in [0.25, 0.3) is 5.91 Å². The molecule has 5 nitrogen and oxygen atoms in total. The molecule has 132 valence electrons. The SMILES string of the molecule is COc1ccccc1Cn1c(C(=O)NCCN(C)C)cc2sccc21. The molecule has 0 atom stereocenters. The standard InChI is InChI=1S/C19H23N3O2S/c1-21(2)10-9-20-19(23)16-12-18-15(8-11-25-18)22(16)13-14-6-4-5-7-17(14)24-3/h4-8,11-12H,9-10,13H2,1-3H3,(H,20,23). The molecule has 6 heteroatoms. The predicted molar refractivity (Wildman–Crippen MR) is 103 cm³/mol. The van der Waals surface area contributed by atoms with Gasteiger partial charge in [0.05, 0.1) is 23.9 Å². The Bertz CT molecular complexity index is 867. The van der Waals surface area contributed by atoms with Gasteiger partial charge < -0.3 is 19.5 Å². The van der Waals surface area contributed by atoms with E-state index >= 15 is 0 Å². The molecule has 0 saturated heterocycles. The maximum atomic E-state index is 12.7. The van der Waals surface area contributed by atoms with Gasteiger partial charge in [-0.05, 0) is 37.7 Å². The zero-order valence-corrected chi connectivity index (χ0v) is 15.6. The van der Waals surface area contributed by atoms with Gasteiger partial charge in [-0.25, -0.2) is 0 Å². The van der Waals surface area contributed by atoms with Crippen LogP contribution in [-0.4, -0.2) is 49.7 Å². The van der Waals surface area contributed by atoms with Crippen molar-refractivity contribution in [3.63, 3.8) is 0 Å². The number of methoxy groups -OCH3 is 1. The van der Waals surface area contributed by atoms with Crippen LogP contribution in [0.15, 0.2) is 41.8 Å². The van der Waals surface area contributed by atoms with E-state index in [0.29, 0.717) is 18.8 Å². The highest BCUT2D eigenvalue weighted by atomic mass is 32.1. The van der Waals surface area contributed by atoms with Gasteiger partial charge in [-0.3, -0.25) is 4.79 Å². The normalized spacial score (nSPS) is 11.2. The topological polar surface area (TPSA) is 46.5 Å². The van der Waals surface area contributed by atoms with Crippen molar-refractivity contribution in [3.8, 4) is 5.75 Å². The molecule has 0 unspecified atom stereocenters. The number of fused-ring (bicyclic) bond motifs is 1. The average molecular weight is 357 g/mol. The molecule has 0 aliphatic carbocycles. The van der Waals surface area contributed by atoms with Gasteiger partial charge in [-0.1, -0.05) is 18.2 Å². The van der Waals surface area contributed by atoms with Gasteiger partial charge in [0.2, 0.25) is 0 Å². The van der Waals surface area contributed by atoms with E-state index in [-0.39, 0.29) is 5.91 Å². The van der Waals surface area contributed by atoms with Crippen LogP contribution in [0, 0.1) is 0 Å². The van der Waals surface area contributed by atoms with E-state index in [4.69, 9.17) is 4.74 Å². The Morgan fingerprint density at radius 1 is 1.28 bits per heavy atom. The molecular weight excluding hydrogens is 334 g/mol. The fraction of sp³-hybridized carbons (Fsp3) is 0.316. The summed E-state index contributed by atoms with van der Waals surface area (Å²) in [5, 5.41) is 5.06. The highest BCUT2D eigenvalue weighted by Crippen LogP contribution is 2.28. The first-order chi connectivity index (χ1) is 12.1. The highest BCUT2D eigenvalue weighted by molar-refractivity contribution is 7.17. The quantitative estimate of drug-likeness (QED) is 0.707. The number of likely N-dealkylation sites (N-methyl/N-ethyl adjacent to an activating group) is 1. The summed E-state index contributed by atoms with van der Waals surface area (Å²) in [7, 11) is 5.66. The van der Waals surface area contributed by atoms with Crippen molar-refractivity contribution in [3.05, 3.63) is 53.0 Å². The zero-order chi connectivity index (χ0) is 17.8. The maximum absolute atomic E-state index is 12.7. The number of aromatic nitrogens is 1. The number of para-hydroxylation sites is 1. The molecule has 3 rings (SSSR count). The van der Waals surface area contributed by atoms with Crippen LogP contribution in [0.25, 0.3) is 10.2 Å². The average Bonchev–Trinajstić information content (AvgIpc) is 3.17. The first-order valence-electron chi connectivity index (χ1n) is 8.21. The number of hydrogen-bond donors (Lipinski definition) is 1. The van der Waals surface area contributed by atoms with Crippen molar-refractivity contribution in [1.29, 1.82) is 0 Å². The minimum atomic E-state index is -0.0415. The van der Waals surface area contributed by atoms with Crippen molar-refractivity contribution in [1.82, 2.24) is 14.8 Å². The van der Waals surface area contributed by atoms with Crippen molar-refractivity contribution in [2.24, 2.45) is 0 Å². The lowest BCUT2D eigenvalue weighted by molar-refractivity contribution is 0.0942. The maximum Gasteiger partial charge on any atom is 0.268 e. The Labute approximate surface area is 151 Å². The third-order valence-corrected chi connectivity index (χ3v) is 4.97. The van der Waals surface area contributed by atoms with E-state index in [1.165, 1.54) is 0 Å². The molecule has 0 spiro atoms. The molecule has 2 aromatic heterocycles. The molecule has 2 heterocycles. The summed E-state index contributed by atoms with van der Waals surface area (Å²) in [5.74, 6) is 0.790. The number of carbonyl (C=O) groups excluding carboxylic acids is 1. The molecule has 0 aliphatic rings. The van der Waals surface area contributed by atoms with Gasteiger partial charge in [0.15, 0.2) is 0 Å². The van der Waals surface area contributed by atoms with Crippen molar-refractivity contribution < 1.29 is 9.53 Å². The minimum Gasteiger partial charge on any atom is -0.496 e. The molecule has 0 saturated carbocycles. The summed E-state index contributed by atoms with van der Waals surface area (Å²) >= 11 is 1.65. The molecule has 0 aliphatic heterocycles. The largest absolute Gasteiger partial charge is 0.496 e. The van der Waals surface area contributed by atoms with Gasteiger partial charge in [-0.2, -0.15) is 0 Å². The minimum absolute atomic E-state index is 0.0415. The fourth-order valence-corrected chi connectivity index (χ4v) is 3.65. The number of benzene rings is 1. The Kier molecular flexibility index (Phi) is 5.40. The molecule has 0 bridgehead atoms. The van der Waals surface area contributed by atoms with Gasteiger partial charge in [-0.15, -0.1) is 11.3 Å². The lowest BCUT2D eigenvalue weighted by Gasteiger charge is -2.14. The van der Waals surface area contributed by atoms with Crippen molar-refractivity contribution >= 4 is 27.5 Å². The van der Waals surface area contributed by atoms with Crippen LogP contribution in [-0.2, 0) is 6.54 Å². The number of thiophene rings is 1. The van der Waals surface area contributed by atoms with Crippen LogP contribution in [0.2, 0.25) is 0 Å². The van der Waals surface area contributed by atoms with Gasteiger partial charge in [0.1, 0.15) is 11.4 Å². The molecular formula is C19H23N3O2S. The summed E-state index contributed by atoms with van der Waals surface area (Å²) in [4.78, 5) is 14.7. The predicted octanol–water partition coefficient (Wildman–Crippen LogP) is 3.05. The fourth-order valence-electron chi connectivity index (χ4n) is 2.82. The van der Waals surface area contributed by atoms with E-state index in [2.05, 4.69) is 21.3 Å². The lowest BCUT2D eigenvalue weighted by Crippen LogP contribution is -2.32. The monoisotopic (exact) mass is 357 g/mol. The molecule has 3 aromatic rings. The number of rotatable bonds is 7. The Morgan fingerprint density at radius 2 is 2.08 bits per heavy atom. The van der Waals surface area contributed by atoms with E-state index in [0.717, 1.165) is 28.1 Å². The third-order valence-electron chi connectivity index (χ3n) is 4.12. The number of amides is 1. The van der Waals surface area contributed by atoms with Gasteiger partial charge >= 0.3 is 0 Å². The molecule has 1 aromatic carbocycles. The summed E-state index contributed by atoms with van der Waals surface area (Å²) in [6.07, 6.45) is 0. The number of nitrogens with one attached hydrogen (secondary N) is 1. The van der Waals surface area contributed by atoms with Crippen molar-refractivity contribution in [2.45, 2.75) is 6.54 Å². The first-order valence-corrected chi connectivity index (χ1v) is 9.09. The molecule has 25 heavy (non-hydrogen) atoms. The van der Waals surface area contributed by atoms with Crippen LogP contribution in [0.5, 0.6) is 5.75 Å². The molecule has 0 radical (unpaired) electrons. The van der Waals surface area contributed by atoms with E-state index in [1.54, 1.807) is 18.4 Å². The smallest absolute Gasteiger partial charge is 0.268 e. The zero-order valence-electron chi connectivity index (χ0n) is 14.8. The van der Waals surface area contributed by atoms with Crippen LogP contribution in [0.3, 0.4) is 0 Å². The Balaban J connectivity index is 1.90. The third kappa shape index (κ3) is 3.86. The summed E-state index contributed by atoms with van der Waals surface area (Å²) in [5.41, 5.74) is 2.82. The van der Waals surface area contributed by atoms with E-state index < -0.39 is 0 Å². The van der Waals surface area contributed by atoms with E-state index in [9.17, 15) is 4.79 Å². The second kappa shape index (κ2) is 7.72. The lowest BCUT2D eigenvalue weighted by atomic mass is 10.2. The van der Waals surface area contributed by atoms with Crippen LogP contribution in [0.1, 0.15) is 16.1 Å². The Morgan fingerprint density at radius 3 is 2.84 bits per heavy atom. The number of ether oxygens (including phenoxy) is 1. The number of carbonyl (C=O) groups is 1. The highest BCUT2D eigenvalue weighted by Gasteiger charge is 2.17. The second-order valence-corrected chi connectivity index (χ2v) is 7.10. The number of nitrogens with zero attached hydrogens (tertiary/aromatic N) is 2. The van der Waals surface area contributed by atoms with Crippen LogP contribution >= 0.6 is 11.3 Å².